The van der Waals surface area contributed by atoms with Gasteiger partial charge in [0.05, 0.1) is 16.4 Å². The number of aryl methyl sites for hydroxylation is 2. The molecule has 2 aromatic rings. The standard InChI is InChI=1S/C14H13ClN2O2/c1-9-3-5-13(11(7-9)4-6-14(18)19)17-8-12(15)10(2)16-17/h3-8H,1-2H3,(H,18,19)/b6-4+. The number of hydrogen-bond acceptors (Lipinski definition) is 2. The fourth-order valence-electron chi connectivity index (χ4n) is 1.74. The molecule has 4 nitrogen and oxygen atoms in total. The van der Waals surface area contributed by atoms with Crippen molar-refractivity contribution >= 4 is 23.6 Å². The van der Waals surface area contributed by atoms with Crippen LogP contribution in [0.3, 0.4) is 0 Å². The molecule has 1 aromatic heterocycles. The first-order valence-corrected chi connectivity index (χ1v) is 6.09. The summed E-state index contributed by atoms with van der Waals surface area (Å²) in [6, 6.07) is 5.73. The van der Waals surface area contributed by atoms with Crippen molar-refractivity contribution in [2.45, 2.75) is 13.8 Å². The van der Waals surface area contributed by atoms with Crippen LogP contribution >= 0.6 is 11.6 Å². The second-order valence-electron chi connectivity index (χ2n) is 4.24. The molecule has 0 aliphatic rings. The molecule has 0 radical (unpaired) electrons. The molecule has 19 heavy (non-hydrogen) atoms. The quantitative estimate of drug-likeness (QED) is 0.876. The van der Waals surface area contributed by atoms with Crippen molar-refractivity contribution in [1.29, 1.82) is 0 Å². The van der Waals surface area contributed by atoms with Crippen molar-refractivity contribution in [1.82, 2.24) is 9.78 Å². The van der Waals surface area contributed by atoms with Crippen LogP contribution in [-0.2, 0) is 4.79 Å². The highest BCUT2D eigenvalue weighted by atomic mass is 35.5. The molecule has 0 saturated carbocycles. The van der Waals surface area contributed by atoms with E-state index in [1.165, 1.54) is 0 Å². The molecule has 1 heterocycles. The number of aromatic nitrogens is 2. The van der Waals surface area contributed by atoms with Crippen molar-refractivity contribution in [3.8, 4) is 5.69 Å². The number of hydrogen-bond donors (Lipinski definition) is 1. The lowest BCUT2D eigenvalue weighted by atomic mass is 10.1. The zero-order chi connectivity index (χ0) is 14.0. The van der Waals surface area contributed by atoms with Crippen LogP contribution in [-0.4, -0.2) is 20.9 Å². The Kier molecular flexibility index (Phi) is 3.71. The highest BCUT2D eigenvalue weighted by Crippen LogP contribution is 2.21. The number of carbonyl (C=O) groups is 1. The second kappa shape index (κ2) is 5.28. The second-order valence-corrected chi connectivity index (χ2v) is 4.65. The fraction of sp³-hybridized carbons (Fsp3) is 0.143. The van der Waals surface area contributed by atoms with Gasteiger partial charge in [0.15, 0.2) is 0 Å². The Morgan fingerprint density at radius 3 is 2.74 bits per heavy atom. The van der Waals surface area contributed by atoms with Crippen molar-refractivity contribution < 1.29 is 9.90 Å². The lowest BCUT2D eigenvalue weighted by molar-refractivity contribution is -0.131. The minimum atomic E-state index is -0.984. The Hall–Kier alpha value is -2.07. The first kappa shape index (κ1) is 13.4. The lowest BCUT2D eigenvalue weighted by Gasteiger charge is -2.07. The number of aliphatic carboxylic acids is 1. The summed E-state index contributed by atoms with van der Waals surface area (Å²) in [5, 5.41) is 13.6. The minimum absolute atomic E-state index is 0.578. The average Bonchev–Trinajstić information content (AvgIpc) is 2.67. The van der Waals surface area contributed by atoms with Crippen LogP contribution in [0.5, 0.6) is 0 Å². The number of benzene rings is 1. The van der Waals surface area contributed by atoms with Crippen molar-refractivity contribution in [2.24, 2.45) is 0 Å². The summed E-state index contributed by atoms with van der Waals surface area (Å²) in [4.78, 5) is 10.6. The van der Waals surface area contributed by atoms with Crippen LogP contribution in [0.2, 0.25) is 5.02 Å². The maximum absolute atomic E-state index is 10.6. The van der Waals surface area contributed by atoms with Crippen molar-refractivity contribution in [3.05, 3.63) is 52.3 Å². The summed E-state index contributed by atoms with van der Waals surface area (Å²) in [7, 11) is 0. The minimum Gasteiger partial charge on any atom is -0.478 e. The molecular formula is C14H13ClN2O2. The van der Waals surface area contributed by atoms with E-state index in [-0.39, 0.29) is 0 Å². The summed E-state index contributed by atoms with van der Waals surface area (Å²) in [6.07, 6.45) is 4.37. The summed E-state index contributed by atoms with van der Waals surface area (Å²) in [5.74, 6) is -0.984. The number of carboxylic acids is 1. The Bertz CT molecular complexity index is 640. The van der Waals surface area contributed by atoms with Gasteiger partial charge in [-0.2, -0.15) is 5.10 Å². The van der Waals surface area contributed by atoms with Gasteiger partial charge < -0.3 is 5.11 Å². The van der Waals surface area contributed by atoms with Crippen LogP contribution in [0.25, 0.3) is 11.8 Å². The van der Waals surface area contributed by atoms with Gasteiger partial charge in [-0.1, -0.05) is 23.2 Å². The topological polar surface area (TPSA) is 55.1 Å². The van der Waals surface area contributed by atoms with Gasteiger partial charge in [0.1, 0.15) is 0 Å². The zero-order valence-corrected chi connectivity index (χ0v) is 11.3. The van der Waals surface area contributed by atoms with E-state index in [9.17, 15) is 4.79 Å². The molecule has 98 valence electrons. The summed E-state index contributed by atoms with van der Waals surface area (Å²) in [6.45, 7) is 3.77. The molecule has 1 aromatic carbocycles. The molecule has 0 fully saturated rings. The monoisotopic (exact) mass is 276 g/mol. The van der Waals surface area contributed by atoms with E-state index >= 15 is 0 Å². The summed E-state index contributed by atoms with van der Waals surface area (Å²) in [5.41, 5.74) is 3.35. The maximum Gasteiger partial charge on any atom is 0.328 e. The Labute approximate surface area is 115 Å². The van der Waals surface area contributed by atoms with E-state index in [1.54, 1.807) is 17.0 Å². The molecule has 0 spiro atoms. The Morgan fingerprint density at radius 2 is 2.16 bits per heavy atom. The predicted molar refractivity (Wildman–Crippen MR) is 74.7 cm³/mol. The maximum atomic E-state index is 10.6. The number of rotatable bonds is 3. The SMILES string of the molecule is Cc1ccc(-n2cc(Cl)c(C)n2)c(/C=C/C(=O)O)c1. The van der Waals surface area contributed by atoms with Crippen LogP contribution in [0.4, 0.5) is 0 Å². The number of nitrogens with zero attached hydrogens (tertiary/aromatic N) is 2. The average molecular weight is 277 g/mol. The zero-order valence-electron chi connectivity index (χ0n) is 10.6. The van der Waals surface area contributed by atoms with Gasteiger partial charge in [-0.15, -0.1) is 0 Å². The third kappa shape index (κ3) is 3.03. The van der Waals surface area contributed by atoms with E-state index in [0.717, 1.165) is 28.6 Å². The summed E-state index contributed by atoms with van der Waals surface area (Å²) < 4.78 is 1.65. The largest absolute Gasteiger partial charge is 0.478 e. The van der Waals surface area contributed by atoms with Gasteiger partial charge in [0, 0.05) is 17.8 Å². The van der Waals surface area contributed by atoms with Gasteiger partial charge in [-0.25, -0.2) is 9.48 Å². The highest BCUT2D eigenvalue weighted by Gasteiger charge is 2.07. The van der Waals surface area contributed by atoms with Gasteiger partial charge >= 0.3 is 5.97 Å². The first-order valence-electron chi connectivity index (χ1n) is 5.71. The van der Waals surface area contributed by atoms with Crippen molar-refractivity contribution in [2.75, 3.05) is 0 Å². The normalized spacial score (nSPS) is 11.1. The highest BCUT2D eigenvalue weighted by molar-refractivity contribution is 6.31. The van der Waals surface area contributed by atoms with Crippen LogP contribution in [0, 0.1) is 13.8 Å². The molecule has 1 N–H and O–H groups in total. The Morgan fingerprint density at radius 1 is 1.42 bits per heavy atom. The van der Waals surface area contributed by atoms with Gasteiger partial charge in [-0.3, -0.25) is 0 Å². The molecule has 0 atom stereocenters. The van der Waals surface area contributed by atoms with E-state index in [0.29, 0.717) is 5.02 Å². The molecule has 0 unspecified atom stereocenters. The van der Waals surface area contributed by atoms with Gasteiger partial charge in [0.2, 0.25) is 0 Å². The van der Waals surface area contributed by atoms with E-state index in [1.807, 2.05) is 32.0 Å². The van der Waals surface area contributed by atoms with E-state index in [4.69, 9.17) is 16.7 Å². The third-order valence-corrected chi connectivity index (χ3v) is 3.05. The number of carboxylic acid groups (broad SMARTS) is 1. The molecular weight excluding hydrogens is 264 g/mol. The van der Waals surface area contributed by atoms with Gasteiger partial charge in [0.25, 0.3) is 0 Å². The summed E-state index contributed by atoms with van der Waals surface area (Å²) >= 11 is 5.99. The smallest absolute Gasteiger partial charge is 0.328 e. The molecule has 0 amide bonds. The molecule has 0 bridgehead atoms. The molecule has 0 aliphatic heterocycles. The number of halogens is 1. The fourth-order valence-corrected chi connectivity index (χ4v) is 1.87. The third-order valence-electron chi connectivity index (χ3n) is 2.67. The van der Waals surface area contributed by atoms with Crippen molar-refractivity contribution in [3.63, 3.8) is 0 Å². The molecule has 5 heteroatoms. The molecule has 0 saturated heterocycles. The lowest BCUT2D eigenvalue weighted by Crippen LogP contribution is -1.99. The van der Waals surface area contributed by atoms with Crippen LogP contribution < -0.4 is 0 Å². The van der Waals surface area contributed by atoms with Crippen LogP contribution in [0.15, 0.2) is 30.5 Å². The van der Waals surface area contributed by atoms with Crippen LogP contribution in [0.1, 0.15) is 16.8 Å². The van der Waals surface area contributed by atoms with E-state index in [2.05, 4.69) is 5.10 Å². The van der Waals surface area contributed by atoms with E-state index < -0.39 is 5.97 Å². The molecule has 0 aliphatic carbocycles. The molecule has 2 rings (SSSR count). The van der Waals surface area contributed by atoms with Gasteiger partial charge in [-0.05, 0) is 32.1 Å². The Balaban J connectivity index is 2.53. The predicted octanol–water partition coefficient (Wildman–Crippen LogP) is 3.24. The first-order chi connectivity index (χ1) is 8.97.